The monoisotopic (exact) mass is 525 g/mol. The van der Waals surface area contributed by atoms with Crippen LogP contribution < -0.4 is 15.0 Å². The van der Waals surface area contributed by atoms with Crippen LogP contribution in [0.5, 0.6) is 5.75 Å². The maximum Gasteiger partial charge on any atom is 0.255 e. The Labute approximate surface area is 227 Å². The number of hydrogen-bond donors (Lipinski definition) is 1. The molecule has 0 atom stereocenters. The molecule has 1 saturated heterocycles. The first-order chi connectivity index (χ1) is 18.6. The zero-order valence-electron chi connectivity index (χ0n) is 20.8. The molecule has 0 saturated carbocycles. The van der Waals surface area contributed by atoms with Crippen LogP contribution in [0.1, 0.15) is 26.3 Å². The van der Waals surface area contributed by atoms with Crippen LogP contribution in [0.2, 0.25) is 5.02 Å². The number of benzene rings is 4. The molecule has 0 spiro atoms. The van der Waals surface area contributed by atoms with E-state index in [2.05, 4.69) is 10.2 Å². The average Bonchev–Trinajstić information content (AvgIpc) is 2.97. The van der Waals surface area contributed by atoms with Gasteiger partial charge in [-0.3, -0.25) is 9.59 Å². The van der Waals surface area contributed by atoms with Crippen LogP contribution in [0.25, 0.3) is 0 Å². The number of piperazine rings is 1. The summed E-state index contributed by atoms with van der Waals surface area (Å²) in [6.45, 7) is 3.07. The number of carbonyl (C=O) groups excluding carboxylic acids is 2. The van der Waals surface area contributed by atoms with Crippen molar-refractivity contribution in [2.75, 3.05) is 36.4 Å². The van der Waals surface area contributed by atoms with Gasteiger partial charge in [0, 0.05) is 43.0 Å². The van der Waals surface area contributed by atoms with Crippen LogP contribution in [0.15, 0.2) is 103 Å². The minimum absolute atomic E-state index is 0.0465. The summed E-state index contributed by atoms with van der Waals surface area (Å²) in [6, 6.07) is 31.8. The Balaban J connectivity index is 1.15. The van der Waals surface area contributed by atoms with E-state index in [1.54, 1.807) is 30.3 Å². The van der Waals surface area contributed by atoms with Crippen LogP contribution in [-0.4, -0.2) is 42.9 Å². The standard InChI is InChI=1S/C31H28ClN3O3/c32-28-21-26(33-30(36)24-11-14-27(15-12-24)38-22-23-7-3-1-4-8-23)13-16-29(28)34-17-19-35(20-18-34)31(37)25-9-5-2-6-10-25/h1-16,21H,17-20,22H2,(H,33,36). The van der Waals surface area contributed by atoms with E-state index in [1.807, 2.05) is 77.7 Å². The molecule has 0 aromatic heterocycles. The van der Waals surface area contributed by atoms with Crippen molar-refractivity contribution >= 4 is 34.8 Å². The molecule has 5 rings (SSSR count). The molecular formula is C31H28ClN3O3. The van der Waals surface area contributed by atoms with E-state index in [9.17, 15) is 9.59 Å². The second-order valence-corrected chi connectivity index (χ2v) is 9.47. The smallest absolute Gasteiger partial charge is 0.255 e. The van der Waals surface area contributed by atoms with Gasteiger partial charge in [0.25, 0.3) is 11.8 Å². The fourth-order valence-electron chi connectivity index (χ4n) is 4.40. The van der Waals surface area contributed by atoms with Gasteiger partial charge in [0.2, 0.25) is 0 Å². The quantitative estimate of drug-likeness (QED) is 0.315. The zero-order valence-corrected chi connectivity index (χ0v) is 21.6. The predicted octanol–water partition coefficient (Wildman–Crippen LogP) is 6.13. The van der Waals surface area contributed by atoms with Crippen molar-refractivity contribution in [1.82, 2.24) is 4.90 Å². The molecule has 6 nitrogen and oxygen atoms in total. The molecule has 4 aromatic rings. The molecule has 192 valence electrons. The summed E-state index contributed by atoms with van der Waals surface area (Å²) in [4.78, 5) is 29.5. The number of amides is 2. The van der Waals surface area contributed by atoms with Crippen LogP contribution in [0.3, 0.4) is 0 Å². The number of anilines is 2. The van der Waals surface area contributed by atoms with E-state index in [4.69, 9.17) is 16.3 Å². The van der Waals surface area contributed by atoms with Gasteiger partial charge in [0.05, 0.1) is 10.7 Å². The lowest BCUT2D eigenvalue weighted by atomic mass is 10.1. The van der Waals surface area contributed by atoms with Crippen molar-refractivity contribution in [1.29, 1.82) is 0 Å². The first-order valence-electron chi connectivity index (χ1n) is 12.5. The van der Waals surface area contributed by atoms with E-state index < -0.39 is 0 Å². The molecule has 1 aliphatic rings. The van der Waals surface area contributed by atoms with Crippen molar-refractivity contribution in [3.63, 3.8) is 0 Å². The summed E-state index contributed by atoms with van der Waals surface area (Å²) >= 11 is 6.60. The topological polar surface area (TPSA) is 61.9 Å². The number of hydrogen-bond acceptors (Lipinski definition) is 4. The zero-order chi connectivity index (χ0) is 26.3. The summed E-state index contributed by atoms with van der Waals surface area (Å²) in [5.74, 6) is 0.519. The Kier molecular flexibility index (Phi) is 7.90. The van der Waals surface area contributed by atoms with Crippen molar-refractivity contribution in [2.24, 2.45) is 0 Å². The van der Waals surface area contributed by atoms with Gasteiger partial charge < -0.3 is 19.9 Å². The Bertz CT molecular complexity index is 1390. The first kappa shape index (κ1) is 25.4. The SMILES string of the molecule is O=C(Nc1ccc(N2CCN(C(=O)c3ccccc3)CC2)c(Cl)c1)c1ccc(OCc2ccccc2)cc1. The number of halogens is 1. The van der Waals surface area contributed by atoms with E-state index in [1.165, 1.54) is 0 Å². The number of rotatable bonds is 7. The number of carbonyl (C=O) groups is 2. The minimum Gasteiger partial charge on any atom is -0.489 e. The van der Waals surface area contributed by atoms with E-state index in [-0.39, 0.29) is 11.8 Å². The van der Waals surface area contributed by atoms with E-state index in [0.29, 0.717) is 60.4 Å². The van der Waals surface area contributed by atoms with Crippen LogP contribution in [0.4, 0.5) is 11.4 Å². The molecule has 38 heavy (non-hydrogen) atoms. The Morgan fingerprint density at radius 2 is 1.42 bits per heavy atom. The molecule has 0 bridgehead atoms. The summed E-state index contributed by atoms with van der Waals surface area (Å²) in [5, 5.41) is 3.46. The molecule has 4 aromatic carbocycles. The molecule has 1 aliphatic heterocycles. The summed E-state index contributed by atoms with van der Waals surface area (Å²) in [7, 11) is 0. The van der Waals surface area contributed by atoms with Crippen LogP contribution >= 0.6 is 11.6 Å². The van der Waals surface area contributed by atoms with Crippen molar-refractivity contribution in [3.05, 3.63) is 125 Å². The fraction of sp³-hybridized carbons (Fsp3) is 0.161. The van der Waals surface area contributed by atoms with Gasteiger partial charge in [0.1, 0.15) is 12.4 Å². The predicted molar refractivity (Wildman–Crippen MR) is 151 cm³/mol. The van der Waals surface area contributed by atoms with Gasteiger partial charge >= 0.3 is 0 Å². The molecule has 2 amide bonds. The lowest BCUT2D eigenvalue weighted by Crippen LogP contribution is -2.48. The highest BCUT2D eigenvalue weighted by molar-refractivity contribution is 6.33. The Morgan fingerprint density at radius 3 is 2.08 bits per heavy atom. The highest BCUT2D eigenvalue weighted by atomic mass is 35.5. The average molecular weight is 526 g/mol. The Morgan fingerprint density at radius 1 is 0.763 bits per heavy atom. The number of ether oxygens (including phenoxy) is 1. The lowest BCUT2D eigenvalue weighted by molar-refractivity contribution is 0.0746. The van der Waals surface area contributed by atoms with Crippen LogP contribution in [0, 0.1) is 0 Å². The van der Waals surface area contributed by atoms with Crippen molar-refractivity contribution < 1.29 is 14.3 Å². The maximum atomic E-state index is 12.8. The van der Waals surface area contributed by atoms with Gasteiger partial charge in [-0.2, -0.15) is 0 Å². The third kappa shape index (κ3) is 6.15. The normalized spacial score (nSPS) is 13.2. The van der Waals surface area contributed by atoms with Gasteiger partial charge in [0.15, 0.2) is 0 Å². The third-order valence-electron chi connectivity index (χ3n) is 6.50. The first-order valence-corrected chi connectivity index (χ1v) is 12.9. The maximum absolute atomic E-state index is 12.8. The molecule has 1 fully saturated rings. The minimum atomic E-state index is -0.225. The van der Waals surface area contributed by atoms with Gasteiger partial charge in [-0.25, -0.2) is 0 Å². The molecule has 1 heterocycles. The Hall–Kier alpha value is -4.29. The summed E-state index contributed by atoms with van der Waals surface area (Å²) in [6.07, 6.45) is 0. The highest BCUT2D eigenvalue weighted by Crippen LogP contribution is 2.30. The van der Waals surface area contributed by atoms with Crippen LogP contribution in [-0.2, 0) is 6.61 Å². The molecule has 0 aliphatic carbocycles. The second kappa shape index (κ2) is 11.8. The van der Waals surface area contributed by atoms with Gasteiger partial charge in [-0.05, 0) is 60.2 Å². The fourth-order valence-corrected chi connectivity index (χ4v) is 4.70. The van der Waals surface area contributed by atoms with Gasteiger partial charge in [-0.15, -0.1) is 0 Å². The molecular weight excluding hydrogens is 498 g/mol. The molecule has 0 radical (unpaired) electrons. The molecule has 0 unspecified atom stereocenters. The molecule has 1 N–H and O–H groups in total. The van der Waals surface area contributed by atoms with Crippen molar-refractivity contribution in [2.45, 2.75) is 6.61 Å². The van der Waals surface area contributed by atoms with E-state index in [0.717, 1.165) is 11.3 Å². The second-order valence-electron chi connectivity index (χ2n) is 9.06. The van der Waals surface area contributed by atoms with E-state index >= 15 is 0 Å². The number of nitrogens with one attached hydrogen (secondary N) is 1. The summed E-state index contributed by atoms with van der Waals surface area (Å²) in [5.41, 5.74) is 3.81. The third-order valence-corrected chi connectivity index (χ3v) is 6.80. The van der Waals surface area contributed by atoms with Crippen molar-refractivity contribution in [3.8, 4) is 5.75 Å². The lowest BCUT2D eigenvalue weighted by Gasteiger charge is -2.36. The highest BCUT2D eigenvalue weighted by Gasteiger charge is 2.23. The van der Waals surface area contributed by atoms with Gasteiger partial charge in [-0.1, -0.05) is 60.1 Å². The molecule has 7 heteroatoms. The number of nitrogens with zero attached hydrogens (tertiary/aromatic N) is 2. The summed E-state index contributed by atoms with van der Waals surface area (Å²) < 4.78 is 5.80. The largest absolute Gasteiger partial charge is 0.489 e.